The molecule has 0 saturated carbocycles. The quantitative estimate of drug-likeness (QED) is 0.692. The Balaban J connectivity index is 2.05. The van der Waals surface area contributed by atoms with Crippen LogP contribution in [0.3, 0.4) is 0 Å². The van der Waals surface area contributed by atoms with Gasteiger partial charge in [-0.1, -0.05) is 24.3 Å². The van der Waals surface area contributed by atoms with Gasteiger partial charge in [-0.15, -0.1) is 0 Å². The lowest BCUT2D eigenvalue weighted by Gasteiger charge is -2.14. The van der Waals surface area contributed by atoms with Gasteiger partial charge in [0, 0.05) is 32.6 Å². The van der Waals surface area contributed by atoms with Gasteiger partial charge in [0.15, 0.2) is 0 Å². The maximum atomic E-state index is 11.7. The third-order valence-corrected chi connectivity index (χ3v) is 2.88. The average Bonchev–Trinajstić information content (AvgIpc) is 2.99. The molecule has 1 heterocycles. The van der Waals surface area contributed by atoms with E-state index in [4.69, 9.17) is 0 Å². The van der Waals surface area contributed by atoms with Gasteiger partial charge < -0.3 is 10.0 Å². The minimum atomic E-state index is -0.156. The van der Waals surface area contributed by atoms with Gasteiger partial charge >= 0.3 is 0 Å². The molecule has 0 unspecified atom stereocenters. The second kappa shape index (κ2) is 6.56. The normalized spacial score (nSPS) is 11.3. The van der Waals surface area contributed by atoms with E-state index in [9.17, 15) is 9.90 Å². The van der Waals surface area contributed by atoms with E-state index < -0.39 is 0 Å². The van der Waals surface area contributed by atoms with Crippen molar-refractivity contribution in [3.8, 4) is 5.75 Å². The van der Waals surface area contributed by atoms with Gasteiger partial charge in [0.05, 0.1) is 5.69 Å². The molecule has 108 valence electrons. The standard InChI is InChI=1S/C16H17N3O2/c1-18(2)14-11-13(7-8-15(14)20)5-3-4-6-16(21)19-10-9-17-12-19/h3-12,20H,1-2H3/b5-3+,6-4+. The molecule has 5 nitrogen and oxygen atoms in total. The molecule has 0 atom stereocenters. The van der Waals surface area contributed by atoms with E-state index in [0.29, 0.717) is 0 Å². The van der Waals surface area contributed by atoms with Crippen LogP contribution < -0.4 is 4.90 Å². The smallest absolute Gasteiger partial charge is 0.255 e. The number of carbonyl (C=O) groups excluding carboxylic acids is 1. The number of aromatic hydroxyl groups is 1. The predicted molar refractivity (Wildman–Crippen MR) is 83.5 cm³/mol. The van der Waals surface area contributed by atoms with Gasteiger partial charge in [0.25, 0.3) is 5.91 Å². The molecule has 0 amide bonds. The Bertz CT molecular complexity index is 671. The van der Waals surface area contributed by atoms with Crippen LogP contribution in [0.25, 0.3) is 6.08 Å². The van der Waals surface area contributed by atoms with Crippen LogP contribution in [0.15, 0.2) is 55.1 Å². The number of imidazole rings is 1. The van der Waals surface area contributed by atoms with Crippen LogP contribution in [0.1, 0.15) is 10.4 Å². The SMILES string of the molecule is CN(C)c1cc(/C=C/C=C/C(=O)n2ccnc2)ccc1O. The summed E-state index contributed by atoms with van der Waals surface area (Å²) in [6, 6.07) is 5.33. The Kier molecular flexibility index (Phi) is 4.56. The maximum Gasteiger partial charge on any atom is 0.255 e. The lowest BCUT2D eigenvalue weighted by atomic mass is 10.1. The lowest BCUT2D eigenvalue weighted by Crippen LogP contribution is -2.08. The number of hydrogen-bond acceptors (Lipinski definition) is 4. The van der Waals surface area contributed by atoms with Crippen LogP contribution >= 0.6 is 0 Å². The maximum absolute atomic E-state index is 11.7. The van der Waals surface area contributed by atoms with Crippen molar-refractivity contribution in [3.63, 3.8) is 0 Å². The van der Waals surface area contributed by atoms with Crippen molar-refractivity contribution in [2.45, 2.75) is 0 Å². The van der Waals surface area contributed by atoms with E-state index >= 15 is 0 Å². The largest absolute Gasteiger partial charge is 0.506 e. The molecule has 0 aliphatic rings. The first-order valence-corrected chi connectivity index (χ1v) is 6.45. The summed E-state index contributed by atoms with van der Waals surface area (Å²) >= 11 is 0. The molecule has 0 saturated heterocycles. The Morgan fingerprint density at radius 2 is 2.14 bits per heavy atom. The van der Waals surface area contributed by atoms with Gasteiger partial charge in [-0.2, -0.15) is 0 Å². The van der Waals surface area contributed by atoms with Crippen LogP contribution in [0.5, 0.6) is 5.75 Å². The van der Waals surface area contributed by atoms with Gasteiger partial charge in [-0.3, -0.25) is 9.36 Å². The number of carbonyl (C=O) groups is 1. The fourth-order valence-electron chi connectivity index (χ4n) is 1.78. The number of phenolic OH excluding ortho intramolecular Hbond substituents is 1. The van der Waals surface area contributed by atoms with E-state index in [1.165, 1.54) is 17.0 Å². The number of benzene rings is 1. The number of anilines is 1. The fraction of sp³-hybridized carbons (Fsp3) is 0.125. The number of rotatable bonds is 4. The molecule has 0 bridgehead atoms. The molecule has 0 fully saturated rings. The number of phenols is 1. The van der Waals surface area contributed by atoms with Crippen LogP contribution in [-0.2, 0) is 0 Å². The van der Waals surface area contributed by atoms with Crippen molar-refractivity contribution < 1.29 is 9.90 Å². The summed E-state index contributed by atoms with van der Waals surface area (Å²) < 4.78 is 1.40. The summed E-state index contributed by atoms with van der Waals surface area (Å²) in [4.78, 5) is 17.3. The zero-order chi connectivity index (χ0) is 15.2. The zero-order valence-electron chi connectivity index (χ0n) is 12.0. The lowest BCUT2D eigenvalue weighted by molar-refractivity contribution is 0.0968. The summed E-state index contributed by atoms with van der Waals surface area (Å²) in [6.07, 6.45) is 11.4. The molecule has 0 radical (unpaired) electrons. The number of hydrogen-bond donors (Lipinski definition) is 1. The summed E-state index contributed by atoms with van der Waals surface area (Å²) in [5.41, 5.74) is 1.69. The first kappa shape index (κ1) is 14.6. The summed E-state index contributed by atoms with van der Waals surface area (Å²) in [5.74, 6) is 0.0832. The molecular weight excluding hydrogens is 266 g/mol. The van der Waals surface area contributed by atoms with Crippen LogP contribution in [-0.4, -0.2) is 34.7 Å². The van der Waals surface area contributed by atoms with Crippen molar-refractivity contribution in [3.05, 3.63) is 60.7 Å². The minimum absolute atomic E-state index is 0.156. The molecule has 1 N–H and O–H groups in total. The third-order valence-electron chi connectivity index (χ3n) is 2.88. The second-order valence-corrected chi connectivity index (χ2v) is 4.67. The Morgan fingerprint density at radius 3 is 2.81 bits per heavy atom. The van der Waals surface area contributed by atoms with Crippen molar-refractivity contribution in [1.82, 2.24) is 9.55 Å². The van der Waals surface area contributed by atoms with Crippen molar-refractivity contribution in [2.75, 3.05) is 19.0 Å². The molecule has 2 rings (SSSR count). The zero-order valence-corrected chi connectivity index (χ0v) is 12.0. The Hall–Kier alpha value is -2.82. The highest BCUT2D eigenvalue weighted by Gasteiger charge is 2.02. The second-order valence-electron chi connectivity index (χ2n) is 4.67. The molecule has 0 spiro atoms. The van der Waals surface area contributed by atoms with Crippen LogP contribution in [0.2, 0.25) is 0 Å². The first-order chi connectivity index (χ1) is 10.1. The van der Waals surface area contributed by atoms with E-state index in [-0.39, 0.29) is 11.7 Å². The minimum Gasteiger partial charge on any atom is -0.506 e. The Morgan fingerprint density at radius 1 is 1.33 bits per heavy atom. The molecule has 21 heavy (non-hydrogen) atoms. The molecule has 5 heteroatoms. The van der Waals surface area contributed by atoms with Gasteiger partial charge in [0.1, 0.15) is 12.1 Å². The molecule has 2 aromatic rings. The highest BCUT2D eigenvalue weighted by molar-refractivity contribution is 5.90. The summed E-state index contributed by atoms with van der Waals surface area (Å²) in [6.45, 7) is 0. The van der Waals surface area contributed by atoms with Gasteiger partial charge in [-0.25, -0.2) is 4.98 Å². The van der Waals surface area contributed by atoms with Crippen molar-refractivity contribution in [1.29, 1.82) is 0 Å². The summed E-state index contributed by atoms with van der Waals surface area (Å²) in [5, 5.41) is 9.72. The number of allylic oxidation sites excluding steroid dienone is 3. The highest BCUT2D eigenvalue weighted by atomic mass is 16.3. The van der Waals surface area contributed by atoms with Crippen molar-refractivity contribution >= 4 is 17.7 Å². The summed E-state index contributed by atoms with van der Waals surface area (Å²) in [7, 11) is 3.73. The van der Waals surface area contributed by atoms with Crippen LogP contribution in [0.4, 0.5) is 5.69 Å². The number of aromatic nitrogens is 2. The van der Waals surface area contributed by atoms with E-state index in [2.05, 4.69) is 4.98 Å². The van der Waals surface area contributed by atoms with E-state index in [1.807, 2.05) is 37.2 Å². The number of nitrogens with zero attached hydrogens (tertiary/aromatic N) is 3. The molecule has 1 aromatic heterocycles. The van der Waals surface area contributed by atoms with Gasteiger partial charge in [-0.05, 0) is 17.7 Å². The van der Waals surface area contributed by atoms with E-state index in [0.717, 1.165) is 11.3 Å². The van der Waals surface area contributed by atoms with Gasteiger partial charge in [0.2, 0.25) is 0 Å². The fourth-order valence-corrected chi connectivity index (χ4v) is 1.78. The Labute approximate surface area is 123 Å². The third kappa shape index (κ3) is 3.82. The molecule has 1 aromatic carbocycles. The topological polar surface area (TPSA) is 58.4 Å². The molecule has 0 aliphatic carbocycles. The monoisotopic (exact) mass is 283 g/mol. The predicted octanol–water partition coefficient (Wildman–Crippen LogP) is 2.56. The highest BCUT2D eigenvalue weighted by Crippen LogP contribution is 2.26. The van der Waals surface area contributed by atoms with E-state index in [1.54, 1.807) is 30.6 Å². The molecular formula is C16H17N3O2. The molecule has 0 aliphatic heterocycles. The average molecular weight is 283 g/mol. The van der Waals surface area contributed by atoms with Crippen molar-refractivity contribution in [2.24, 2.45) is 0 Å². The van der Waals surface area contributed by atoms with Crippen LogP contribution in [0, 0.1) is 0 Å². The first-order valence-electron chi connectivity index (χ1n) is 6.45.